The molecule has 1 N–H and O–H groups in total. The van der Waals surface area contributed by atoms with E-state index in [1.54, 1.807) is 44.1 Å². The van der Waals surface area contributed by atoms with Gasteiger partial charge in [0.1, 0.15) is 5.82 Å². The highest BCUT2D eigenvalue weighted by atomic mass is 19.1. The van der Waals surface area contributed by atoms with Gasteiger partial charge >= 0.3 is 5.97 Å². The number of halogens is 1. The van der Waals surface area contributed by atoms with E-state index in [0.29, 0.717) is 11.4 Å². The number of anilines is 1. The van der Waals surface area contributed by atoms with Crippen LogP contribution in [0.2, 0.25) is 0 Å². The molecule has 1 unspecified atom stereocenters. The summed E-state index contributed by atoms with van der Waals surface area (Å²) in [6.07, 6.45) is 3.18. The lowest BCUT2D eigenvalue weighted by Crippen LogP contribution is -2.25. The van der Waals surface area contributed by atoms with Crippen LogP contribution in [0.15, 0.2) is 30.7 Å². The summed E-state index contributed by atoms with van der Waals surface area (Å²) in [5, 5.41) is 3.01. The molecule has 0 fully saturated rings. The lowest BCUT2D eigenvalue weighted by molar-refractivity contribution is -0.144. The van der Waals surface area contributed by atoms with Gasteiger partial charge in [0.15, 0.2) is 6.04 Å². The third-order valence-electron chi connectivity index (χ3n) is 3.03. The summed E-state index contributed by atoms with van der Waals surface area (Å²) in [7, 11) is 1.78. The van der Waals surface area contributed by atoms with Gasteiger partial charge in [-0.15, -0.1) is 0 Å². The van der Waals surface area contributed by atoms with Crippen LogP contribution in [0.3, 0.4) is 0 Å². The highest BCUT2D eigenvalue weighted by Crippen LogP contribution is 2.22. The molecule has 0 saturated heterocycles. The number of esters is 1. The minimum atomic E-state index is -0.737. The van der Waals surface area contributed by atoms with E-state index in [9.17, 15) is 9.18 Å². The molecule has 2 rings (SSSR count). The van der Waals surface area contributed by atoms with Crippen molar-refractivity contribution in [2.75, 3.05) is 11.9 Å². The largest absolute Gasteiger partial charge is 0.464 e. The number of hydrogen-bond donors (Lipinski definition) is 1. The first-order valence-corrected chi connectivity index (χ1v) is 6.68. The molecule has 112 valence electrons. The maximum atomic E-state index is 13.5. The van der Waals surface area contributed by atoms with E-state index in [1.165, 1.54) is 12.1 Å². The summed E-state index contributed by atoms with van der Waals surface area (Å²) in [5.74, 6) is -0.784. The number of rotatable bonds is 5. The molecule has 0 aliphatic carbocycles. The van der Waals surface area contributed by atoms with Gasteiger partial charge in [0.25, 0.3) is 0 Å². The Hall–Kier alpha value is -2.37. The molecule has 1 aromatic carbocycles. The number of carbonyl (C=O) groups is 1. The maximum absolute atomic E-state index is 13.5. The van der Waals surface area contributed by atoms with Gasteiger partial charge in [-0.2, -0.15) is 0 Å². The fourth-order valence-corrected chi connectivity index (χ4v) is 2.11. The van der Waals surface area contributed by atoms with E-state index < -0.39 is 12.0 Å². The van der Waals surface area contributed by atoms with E-state index in [4.69, 9.17) is 4.74 Å². The quantitative estimate of drug-likeness (QED) is 0.860. The fourth-order valence-electron chi connectivity index (χ4n) is 2.11. The Bertz CT molecular complexity index is 619. The van der Waals surface area contributed by atoms with Crippen molar-refractivity contribution >= 4 is 11.7 Å². The van der Waals surface area contributed by atoms with Gasteiger partial charge in [-0.3, -0.25) is 0 Å². The Morgan fingerprint density at radius 1 is 1.48 bits per heavy atom. The lowest BCUT2D eigenvalue weighted by atomic mass is 10.1. The minimum absolute atomic E-state index is 0.275. The van der Waals surface area contributed by atoms with Gasteiger partial charge in [0.2, 0.25) is 0 Å². The topological polar surface area (TPSA) is 56.1 Å². The molecule has 0 radical (unpaired) electrons. The summed E-state index contributed by atoms with van der Waals surface area (Å²) >= 11 is 0. The van der Waals surface area contributed by atoms with Crippen LogP contribution < -0.4 is 5.32 Å². The fraction of sp³-hybridized carbons (Fsp3) is 0.333. The molecule has 1 aromatic heterocycles. The van der Waals surface area contributed by atoms with Gasteiger partial charge in [-0.25, -0.2) is 14.2 Å². The number of ether oxygens (including phenoxy) is 1. The first kappa shape index (κ1) is 15.0. The standard InChI is InChI=1S/C15H18FN3O2/c1-4-21-15(20)14(13-8-17-9-19(13)3)18-12-6-10(2)5-11(16)7-12/h5-9,14,18H,4H2,1-3H3. The van der Waals surface area contributed by atoms with Crippen molar-refractivity contribution in [2.24, 2.45) is 7.05 Å². The predicted octanol–water partition coefficient (Wildman–Crippen LogP) is 2.58. The van der Waals surface area contributed by atoms with Crippen molar-refractivity contribution in [3.05, 3.63) is 47.8 Å². The van der Waals surface area contributed by atoms with E-state index in [-0.39, 0.29) is 12.4 Å². The first-order valence-electron chi connectivity index (χ1n) is 6.68. The van der Waals surface area contributed by atoms with Gasteiger partial charge in [-0.1, -0.05) is 0 Å². The third-order valence-corrected chi connectivity index (χ3v) is 3.03. The number of benzene rings is 1. The number of nitrogens with zero attached hydrogens (tertiary/aromatic N) is 2. The molecule has 0 aliphatic heterocycles. The molecule has 0 aliphatic rings. The summed E-state index contributed by atoms with van der Waals surface area (Å²) < 4.78 is 20.3. The minimum Gasteiger partial charge on any atom is -0.464 e. The maximum Gasteiger partial charge on any atom is 0.334 e. The van der Waals surface area contributed by atoms with Crippen molar-refractivity contribution in [1.29, 1.82) is 0 Å². The zero-order chi connectivity index (χ0) is 15.4. The second-order valence-electron chi connectivity index (χ2n) is 4.78. The Labute approximate surface area is 122 Å². The summed E-state index contributed by atoms with van der Waals surface area (Å²) in [4.78, 5) is 16.2. The third kappa shape index (κ3) is 3.59. The number of hydrogen-bond acceptors (Lipinski definition) is 4. The summed E-state index contributed by atoms with van der Waals surface area (Å²) in [6.45, 7) is 3.80. The Balaban J connectivity index is 2.32. The molecule has 0 bridgehead atoms. The predicted molar refractivity (Wildman–Crippen MR) is 77.3 cm³/mol. The monoisotopic (exact) mass is 291 g/mol. The second kappa shape index (κ2) is 6.39. The Morgan fingerprint density at radius 2 is 2.24 bits per heavy atom. The molecule has 0 amide bonds. The van der Waals surface area contributed by atoms with Crippen LogP contribution in [0.1, 0.15) is 24.2 Å². The van der Waals surface area contributed by atoms with E-state index in [0.717, 1.165) is 5.56 Å². The molecule has 0 spiro atoms. The van der Waals surface area contributed by atoms with E-state index in [2.05, 4.69) is 10.3 Å². The van der Waals surface area contributed by atoms with Gasteiger partial charge < -0.3 is 14.6 Å². The number of imidazole rings is 1. The second-order valence-corrected chi connectivity index (χ2v) is 4.78. The van der Waals surface area contributed by atoms with Crippen LogP contribution >= 0.6 is 0 Å². The lowest BCUT2D eigenvalue weighted by Gasteiger charge is -2.19. The van der Waals surface area contributed by atoms with Crippen LogP contribution in [-0.2, 0) is 16.6 Å². The van der Waals surface area contributed by atoms with Crippen LogP contribution in [0, 0.1) is 12.7 Å². The van der Waals surface area contributed by atoms with Crippen LogP contribution in [0.25, 0.3) is 0 Å². The summed E-state index contributed by atoms with van der Waals surface area (Å²) in [6, 6.07) is 3.80. The van der Waals surface area contributed by atoms with Crippen molar-refractivity contribution in [1.82, 2.24) is 9.55 Å². The van der Waals surface area contributed by atoms with Crippen LogP contribution in [-0.4, -0.2) is 22.1 Å². The smallest absolute Gasteiger partial charge is 0.334 e. The highest BCUT2D eigenvalue weighted by molar-refractivity contribution is 5.80. The molecule has 2 aromatic rings. The average Bonchev–Trinajstić information content (AvgIpc) is 2.81. The molecule has 0 saturated carbocycles. The van der Waals surface area contributed by atoms with Gasteiger partial charge in [0.05, 0.1) is 24.8 Å². The molecule has 1 atom stereocenters. The SMILES string of the molecule is CCOC(=O)C(Nc1cc(C)cc(F)c1)c1cncn1C. The van der Waals surface area contributed by atoms with Gasteiger partial charge in [0, 0.05) is 12.7 Å². The van der Waals surface area contributed by atoms with Crippen LogP contribution in [0.5, 0.6) is 0 Å². The van der Waals surface area contributed by atoms with Crippen molar-refractivity contribution < 1.29 is 13.9 Å². The molecule has 6 heteroatoms. The Kier molecular flexibility index (Phi) is 4.57. The van der Waals surface area contributed by atoms with Crippen molar-refractivity contribution in [2.45, 2.75) is 19.9 Å². The molecular formula is C15H18FN3O2. The zero-order valence-corrected chi connectivity index (χ0v) is 12.3. The molecule has 21 heavy (non-hydrogen) atoms. The zero-order valence-electron chi connectivity index (χ0n) is 12.3. The van der Waals surface area contributed by atoms with Crippen molar-refractivity contribution in [3.8, 4) is 0 Å². The van der Waals surface area contributed by atoms with Gasteiger partial charge in [-0.05, 0) is 37.6 Å². The first-order chi connectivity index (χ1) is 10.0. The average molecular weight is 291 g/mol. The summed E-state index contributed by atoms with van der Waals surface area (Å²) in [5.41, 5.74) is 1.94. The van der Waals surface area contributed by atoms with E-state index >= 15 is 0 Å². The van der Waals surface area contributed by atoms with Crippen LogP contribution in [0.4, 0.5) is 10.1 Å². The van der Waals surface area contributed by atoms with Crippen molar-refractivity contribution in [3.63, 3.8) is 0 Å². The normalized spacial score (nSPS) is 12.0. The van der Waals surface area contributed by atoms with E-state index in [1.807, 2.05) is 0 Å². The highest BCUT2D eigenvalue weighted by Gasteiger charge is 2.24. The number of aryl methyl sites for hydroxylation is 2. The molecular weight excluding hydrogens is 273 g/mol. The number of carbonyl (C=O) groups excluding carboxylic acids is 1. The Morgan fingerprint density at radius 3 is 2.81 bits per heavy atom. The number of nitrogens with one attached hydrogen (secondary N) is 1. The number of aromatic nitrogens is 2. The molecule has 1 heterocycles. The molecule has 5 nitrogen and oxygen atoms in total.